The first kappa shape index (κ1) is 70.5. The number of carbonyl (C=O) groups excluding carboxylic acids is 2. The molecule has 1 N–H and O–H groups in total. The van der Waals surface area contributed by atoms with Crippen molar-refractivity contribution in [2.75, 3.05) is 40.9 Å². The van der Waals surface area contributed by atoms with Gasteiger partial charge in [0.2, 0.25) is 5.91 Å². The zero-order valence-corrected chi connectivity index (χ0v) is 49.2. The summed E-state index contributed by atoms with van der Waals surface area (Å²) < 4.78 is 30.2. The van der Waals surface area contributed by atoms with Crippen LogP contribution in [0.5, 0.6) is 0 Å². The molecular formula is C63H115N2O7P. The molecule has 0 saturated carbocycles. The lowest BCUT2D eigenvalue weighted by Gasteiger charge is -2.30. The first-order valence-corrected chi connectivity index (χ1v) is 31.7. The normalized spacial score (nSPS) is 14.2. The van der Waals surface area contributed by atoms with Crippen LogP contribution in [-0.2, 0) is 27.9 Å². The number of carbonyl (C=O) groups is 2. The largest absolute Gasteiger partial charge is 0.756 e. The first-order chi connectivity index (χ1) is 35.4. The van der Waals surface area contributed by atoms with E-state index in [0.29, 0.717) is 23.9 Å². The molecule has 73 heavy (non-hydrogen) atoms. The molecule has 1 amide bonds. The van der Waals surface area contributed by atoms with Crippen molar-refractivity contribution < 1.29 is 37.3 Å². The van der Waals surface area contributed by atoms with Crippen LogP contribution in [0.3, 0.4) is 0 Å². The molecule has 0 aliphatic rings. The van der Waals surface area contributed by atoms with Crippen LogP contribution in [0.25, 0.3) is 0 Å². The molecule has 10 heteroatoms. The van der Waals surface area contributed by atoms with E-state index in [1.54, 1.807) is 0 Å². The average Bonchev–Trinajstić information content (AvgIpc) is 3.35. The molecule has 0 fully saturated rings. The predicted molar refractivity (Wildman–Crippen MR) is 312 cm³/mol. The summed E-state index contributed by atoms with van der Waals surface area (Å²) in [6.07, 6.45) is 67.2. The Balaban J connectivity index is 5.28. The molecule has 0 aromatic rings. The van der Waals surface area contributed by atoms with E-state index >= 15 is 0 Å². The van der Waals surface area contributed by atoms with Gasteiger partial charge in [-0.2, -0.15) is 0 Å². The van der Waals surface area contributed by atoms with Crippen molar-refractivity contribution in [3.63, 3.8) is 0 Å². The van der Waals surface area contributed by atoms with Crippen LogP contribution in [0.1, 0.15) is 265 Å². The molecule has 0 aromatic heterocycles. The summed E-state index contributed by atoms with van der Waals surface area (Å²) in [5, 5.41) is 3.02. The molecular weight excluding hydrogens is 928 g/mol. The molecule has 0 saturated heterocycles. The standard InChI is InChI=1S/C63H115N2O7P/c1-7-10-13-16-19-22-25-27-29-30-31-32-33-34-36-38-41-44-47-50-53-56-63(67)72-61(54-51-48-45-42-39-24-21-18-15-12-9-3)60(59-71-73(68,69)70-58-57-65(4,5)6)64-62(66)55-52-49-46-43-40-37-35-28-26-23-20-17-14-11-8-2/h19,22-23,26-27,29,31-32,34,36,51,54,60-61H,7-18,20-21,24-25,28,30,33,35,37-50,52-53,55-59H2,1-6H3,(H-,64,66,68,69)/b22-19-,26-23-,29-27-,32-31-,36-34-,54-51-. The number of hydrogen-bond donors (Lipinski definition) is 1. The number of quaternary nitrogens is 1. The van der Waals surface area contributed by atoms with Gasteiger partial charge in [0.15, 0.2) is 0 Å². The van der Waals surface area contributed by atoms with Crippen LogP contribution in [0.4, 0.5) is 0 Å². The fourth-order valence-electron chi connectivity index (χ4n) is 8.38. The zero-order valence-electron chi connectivity index (χ0n) is 48.3. The van der Waals surface area contributed by atoms with Crippen molar-refractivity contribution in [1.29, 1.82) is 0 Å². The van der Waals surface area contributed by atoms with Gasteiger partial charge in [0, 0.05) is 12.8 Å². The van der Waals surface area contributed by atoms with E-state index in [1.165, 1.54) is 122 Å². The summed E-state index contributed by atoms with van der Waals surface area (Å²) in [7, 11) is 1.17. The van der Waals surface area contributed by atoms with Crippen LogP contribution in [0, 0.1) is 0 Å². The van der Waals surface area contributed by atoms with Crippen LogP contribution in [0.2, 0.25) is 0 Å². The number of likely N-dealkylation sites (N-methyl/N-ethyl adjacent to an activating group) is 1. The highest BCUT2D eigenvalue weighted by atomic mass is 31.2. The average molecular weight is 1040 g/mol. The van der Waals surface area contributed by atoms with Crippen LogP contribution >= 0.6 is 7.82 Å². The topological polar surface area (TPSA) is 114 Å². The zero-order chi connectivity index (χ0) is 53.6. The number of esters is 1. The van der Waals surface area contributed by atoms with Crippen molar-refractivity contribution >= 4 is 19.7 Å². The van der Waals surface area contributed by atoms with Gasteiger partial charge in [0.1, 0.15) is 19.3 Å². The third-order valence-electron chi connectivity index (χ3n) is 13.1. The highest BCUT2D eigenvalue weighted by Gasteiger charge is 2.27. The summed E-state index contributed by atoms with van der Waals surface area (Å²) in [5.74, 6) is -0.567. The maximum Gasteiger partial charge on any atom is 0.306 e. The minimum Gasteiger partial charge on any atom is -0.756 e. The SMILES string of the molecule is CCCCC/C=C\C/C=C\C/C=C\C/C=C\CCCCCCCC(=O)OC(/C=C\CCCCCCCCCCC)C(COP(=O)([O-])OCC[N+](C)(C)C)NC(=O)CCCCCCCCC/C=C\CCCCCC. The Morgan fingerprint density at radius 2 is 0.836 bits per heavy atom. The lowest BCUT2D eigenvalue weighted by molar-refractivity contribution is -0.870. The van der Waals surface area contributed by atoms with Gasteiger partial charge in [0.25, 0.3) is 7.82 Å². The Morgan fingerprint density at radius 3 is 1.30 bits per heavy atom. The second kappa shape index (κ2) is 52.9. The minimum absolute atomic E-state index is 0.0286. The number of phosphoric ester groups is 1. The predicted octanol–water partition coefficient (Wildman–Crippen LogP) is 17.8. The maximum atomic E-state index is 13.5. The number of nitrogens with one attached hydrogen (secondary N) is 1. The fraction of sp³-hybridized carbons (Fsp3) is 0.778. The molecule has 424 valence electrons. The van der Waals surface area contributed by atoms with Gasteiger partial charge < -0.3 is 28.5 Å². The number of hydrogen-bond acceptors (Lipinski definition) is 7. The number of allylic oxidation sites excluding steroid dienone is 11. The molecule has 0 aliphatic carbocycles. The highest BCUT2D eigenvalue weighted by Crippen LogP contribution is 2.38. The number of nitrogens with zero attached hydrogens (tertiary/aromatic N) is 1. The molecule has 3 atom stereocenters. The number of unbranched alkanes of at least 4 members (excludes halogenated alkanes) is 28. The summed E-state index contributed by atoms with van der Waals surface area (Å²) in [6.45, 7) is 6.78. The van der Waals surface area contributed by atoms with Crippen molar-refractivity contribution in [3.8, 4) is 0 Å². The monoisotopic (exact) mass is 1040 g/mol. The van der Waals surface area contributed by atoms with E-state index in [0.717, 1.165) is 103 Å². The van der Waals surface area contributed by atoms with Gasteiger partial charge in [-0.25, -0.2) is 0 Å². The number of phosphoric acid groups is 1. The van der Waals surface area contributed by atoms with Gasteiger partial charge in [-0.3, -0.25) is 14.2 Å². The van der Waals surface area contributed by atoms with E-state index in [1.807, 2.05) is 33.3 Å². The maximum absolute atomic E-state index is 13.5. The molecule has 0 bridgehead atoms. The smallest absolute Gasteiger partial charge is 0.306 e. The number of rotatable bonds is 54. The molecule has 0 radical (unpaired) electrons. The van der Waals surface area contributed by atoms with E-state index in [9.17, 15) is 19.0 Å². The highest BCUT2D eigenvalue weighted by molar-refractivity contribution is 7.45. The van der Waals surface area contributed by atoms with E-state index in [4.69, 9.17) is 13.8 Å². The molecule has 0 aliphatic heterocycles. The minimum atomic E-state index is -4.70. The van der Waals surface area contributed by atoms with Crippen molar-refractivity contribution in [2.24, 2.45) is 0 Å². The third-order valence-corrected chi connectivity index (χ3v) is 14.1. The Hall–Kier alpha value is -2.55. The van der Waals surface area contributed by atoms with Crippen LogP contribution < -0.4 is 10.2 Å². The van der Waals surface area contributed by atoms with E-state index in [-0.39, 0.29) is 24.9 Å². The Labute approximate surface area is 451 Å². The van der Waals surface area contributed by atoms with Gasteiger partial charge in [-0.1, -0.05) is 222 Å². The summed E-state index contributed by atoms with van der Waals surface area (Å²) in [5.41, 5.74) is 0. The Kier molecular flexibility index (Phi) is 51.0. The number of ether oxygens (including phenoxy) is 1. The van der Waals surface area contributed by atoms with Gasteiger partial charge >= 0.3 is 5.97 Å². The second-order valence-electron chi connectivity index (χ2n) is 21.5. The fourth-order valence-corrected chi connectivity index (χ4v) is 9.10. The van der Waals surface area contributed by atoms with Crippen molar-refractivity contribution in [3.05, 3.63) is 72.9 Å². The van der Waals surface area contributed by atoms with Crippen LogP contribution in [0.15, 0.2) is 72.9 Å². The van der Waals surface area contributed by atoms with Crippen molar-refractivity contribution in [1.82, 2.24) is 5.32 Å². The lowest BCUT2D eigenvalue weighted by Crippen LogP contribution is -2.47. The third kappa shape index (κ3) is 54.1. The molecule has 3 unspecified atom stereocenters. The van der Waals surface area contributed by atoms with E-state index in [2.05, 4.69) is 86.8 Å². The van der Waals surface area contributed by atoms with Gasteiger partial charge in [0.05, 0.1) is 33.8 Å². The lowest BCUT2D eigenvalue weighted by atomic mass is 10.1. The van der Waals surface area contributed by atoms with Crippen LogP contribution in [-0.4, -0.2) is 69.4 Å². The summed E-state index contributed by atoms with van der Waals surface area (Å²) in [4.78, 5) is 39.9. The Bertz CT molecular complexity index is 1480. The summed E-state index contributed by atoms with van der Waals surface area (Å²) >= 11 is 0. The van der Waals surface area contributed by atoms with E-state index < -0.39 is 26.6 Å². The molecule has 0 rings (SSSR count). The Morgan fingerprint density at radius 1 is 0.479 bits per heavy atom. The second-order valence-corrected chi connectivity index (χ2v) is 22.9. The van der Waals surface area contributed by atoms with Gasteiger partial charge in [-0.15, -0.1) is 0 Å². The first-order valence-electron chi connectivity index (χ1n) is 30.2. The number of amides is 1. The molecule has 0 heterocycles. The summed E-state index contributed by atoms with van der Waals surface area (Å²) in [6, 6.07) is -0.900. The van der Waals surface area contributed by atoms with Crippen molar-refractivity contribution in [2.45, 2.75) is 277 Å². The molecule has 0 spiro atoms. The molecule has 0 aromatic carbocycles. The molecule has 9 nitrogen and oxygen atoms in total. The quantitative estimate of drug-likeness (QED) is 0.0212. The van der Waals surface area contributed by atoms with Gasteiger partial charge in [-0.05, 0) is 102 Å².